The molecule has 1 aromatic heterocycles. The molecule has 0 radical (unpaired) electrons. The van der Waals surface area contributed by atoms with Gasteiger partial charge in [-0.3, -0.25) is 9.78 Å². The minimum absolute atomic E-state index is 0.127. The Morgan fingerprint density at radius 2 is 1.89 bits per heavy atom. The normalized spacial score (nSPS) is 11.3. The molecule has 0 amide bonds. The molecule has 2 aromatic carbocycles. The Bertz CT molecular complexity index is 1010. The van der Waals surface area contributed by atoms with E-state index in [9.17, 15) is 4.79 Å². The summed E-state index contributed by atoms with van der Waals surface area (Å²) in [7, 11) is 0. The van der Waals surface area contributed by atoms with E-state index in [1.807, 2.05) is 61.5 Å². The van der Waals surface area contributed by atoms with Crippen molar-refractivity contribution in [1.82, 2.24) is 9.97 Å². The highest BCUT2D eigenvalue weighted by atomic mass is 16.5. The summed E-state index contributed by atoms with van der Waals surface area (Å²) < 4.78 is 5.40. The highest BCUT2D eigenvalue weighted by Gasteiger charge is 2.09. The Morgan fingerprint density at radius 1 is 1.18 bits per heavy atom. The molecule has 1 heterocycles. The van der Waals surface area contributed by atoms with Gasteiger partial charge in [0.15, 0.2) is 0 Å². The number of ether oxygens (including phenoxy) is 1. The number of aromatic nitrogens is 2. The molecular weight excluding hydrogens is 354 g/mol. The molecule has 3 rings (SSSR count). The second-order valence-corrected chi connectivity index (χ2v) is 6.20. The van der Waals surface area contributed by atoms with E-state index in [1.165, 1.54) is 0 Å². The Labute approximate surface area is 163 Å². The predicted molar refractivity (Wildman–Crippen MR) is 111 cm³/mol. The number of benzene rings is 2. The van der Waals surface area contributed by atoms with Crippen LogP contribution in [0.15, 0.2) is 64.4 Å². The molecule has 7 heteroatoms. The van der Waals surface area contributed by atoms with Crippen molar-refractivity contribution in [3.63, 3.8) is 0 Å². The first kappa shape index (κ1) is 19.2. The number of hydrogen-bond acceptors (Lipinski definition) is 4. The number of guanidine groups is 1. The number of nitrogens with two attached hydrogens (primary N) is 1. The van der Waals surface area contributed by atoms with Crippen LogP contribution in [0.1, 0.15) is 23.7 Å². The molecule has 0 saturated carbocycles. The van der Waals surface area contributed by atoms with Crippen molar-refractivity contribution in [2.75, 3.05) is 11.9 Å². The lowest BCUT2D eigenvalue weighted by Crippen LogP contribution is -2.23. The van der Waals surface area contributed by atoms with Crippen LogP contribution >= 0.6 is 0 Å². The molecule has 144 valence electrons. The standard InChI is InChI=1S/C21H23N5O2/c1-3-28-17-11-9-16(10-12-17)24-20(22)26-21-23-14(2)18(19(27)25-21)13-15-7-5-4-6-8-15/h4-12H,3,13H2,1-2H3,(H4,22,23,24,25,26,27). The fourth-order valence-electron chi connectivity index (χ4n) is 2.75. The summed E-state index contributed by atoms with van der Waals surface area (Å²) in [6, 6.07) is 17.1. The van der Waals surface area contributed by atoms with Gasteiger partial charge in [0.25, 0.3) is 5.56 Å². The zero-order valence-electron chi connectivity index (χ0n) is 15.9. The highest BCUT2D eigenvalue weighted by molar-refractivity contribution is 5.93. The maximum atomic E-state index is 12.5. The van der Waals surface area contributed by atoms with E-state index in [-0.39, 0.29) is 17.5 Å². The van der Waals surface area contributed by atoms with Crippen LogP contribution in [-0.4, -0.2) is 22.5 Å². The molecule has 0 aliphatic heterocycles. The minimum Gasteiger partial charge on any atom is -0.494 e. The molecule has 0 atom stereocenters. The quantitative estimate of drug-likeness (QED) is 0.452. The Balaban J connectivity index is 1.75. The van der Waals surface area contributed by atoms with Crippen LogP contribution in [0.3, 0.4) is 0 Å². The zero-order valence-corrected chi connectivity index (χ0v) is 15.9. The molecule has 0 spiro atoms. The predicted octanol–water partition coefficient (Wildman–Crippen LogP) is 3.13. The van der Waals surface area contributed by atoms with Crippen LogP contribution in [0.25, 0.3) is 0 Å². The number of aliphatic imine (C=N–C) groups is 1. The molecule has 0 fully saturated rings. The van der Waals surface area contributed by atoms with Gasteiger partial charge < -0.3 is 15.8 Å². The van der Waals surface area contributed by atoms with Gasteiger partial charge in [-0.1, -0.05) is 30.3 Å². The van der Waals surface area contributed by atoms with E-state index in [0.29, 0.717) is 24.3 Å². The molecule has 4 N–H and O–H groups in total. The van der Waals surface area contributed by atoms with Crippen LogP contribution in [0.5, 0.6) is 5.75 Å². The van der Waals surface area contributed by atoms with E-state index < -0.39 is 0 Å². The van der Waals surface area contributed by atoms with Gasteiger partial charge in [0.2, 0.25) is 11.9 Å². The molecule has 0 unspecified atom stereocenters. The second kappa shape index (κ2) is 8.85. The average molecular weight is 377 g/mol. The number of anilines is 1. The van der Waals surface area contributed by atoms with Crippen molar-refractivity contribution in [1.29, 1.82) is 0 Å². The van der Waals surface area contributed by atoms with Crippen LogP contribution < -0.4 is 21.3 Å². The summed E-state index contributed by atoms with van der Waals surface area (Å²) in [6.07, 6.45) is 0.513. The highest BCUT2D eigenvalue weighted by Crippen LogP contribution is 2.16. The van der Waals surface area contributed by atoms with Gasteiger partial charge in [-0.25, -0.2) is 4.98 Å². The fraction of sp³-hybridized carbons (Fsp3) is 0.190. The van der Waals surface area contributed by atoms with Gasteiger partial charge in [-0.05, 0) is 43.7 Å². The van der Waals surface area contributed by atoms with Crippen molar-refractivity contribution < 1.29 is 4.74 Å². The number of hydrogen-bond donors (Lipinski definition) is 3. The molecule has 7 nitrogen and oxygen atoms in total. The number of nitrogens with zero attached hydrogens (tertiary/aromatic N) is 2. The topological polar surface area (TPSA) is 105 Å². The third kappa shape index (κ3) is 4.97. The van der Waals surface area contributed by atoms with Crippen molar-refractivity contribution in [2.45, 2.75) is 20.3 Å². The molecule has 0 aliphatic rings. The van der Waals surface area contributed by atoms with Gasteiger partial charge in [0, 0.05) is 17.7 Å². The first-order valence-electron chi connectivity index (χ1n) is 9.03. The number of H-pyrrole nitrogens is 1. The average Bonchev–Trinajstić information content (AvgIpc) is 2.67. The molecule has 28 heavy (non-hydrogen) atoms. The number of aromatic amines is 1. The fourth-order valence-corrected chi connectivity index (χ4v) is 2.75. The Hall–Kier alpha value is -3.61. The maximum absolute atomic E-state index is 12.5. The van der Waals surface area contributed by atoms with Crippen LogP contribution in [0, 0.1) is 6.92 Å². The summed E-state index contributed by atoms with van der Waals surface area (Å²) >= 11 is 0. The van der Waals surface area contributed by atoms with Gasteiger partial charge in [-0.2, -0.15) is 4.99 Å². The first-order chi connectivity index (χ1) is 13.5. The maximum Gasteiger partial charge on any atom is 0.256 e. The Morgan fingerprint density at radius 3 is 2.54 bits per heavy atom. The van der Waals surface area contributed by atoms with E-state index in [0.717, 1.165) is 17.0 Å². The number of aryl methyl sites for hydroxylation is 1. The third-order valence-corrected chi connectivity index (χ3v) is 4.10. The SMILES string of the molecule is CCOc1ccc(N/C(N)=N/c2nc(C)c(Cc3ccccc3)c(=O)[nH]2)cc1. The van der Waals surface area contributed by atoms with Crippen LogP contribution in [0.2, 0.25) is 0 Å². The lowest BCUT2D eigenvalue weighted by Gasteiger charge is -2.08. The van der Waals surface area contributed by atoms with Crippen molar-refractivity contribution in [2.24, 2.45) is 10.7 Å². The van der Waals surface area contributed by atoms with Crippen LogP contribution in [0.4, 0.5) is 11.6 Å². The molecule has 0 bridgehead atoms. The zero-order chi connectivity index (χ0) is 19.9. The van der Waals surface area contributed by atoms with E-state index in [4.69, 9.17) is 10.5 Å². The summed E-state index contributed by atoms with van der Waals surface area (Å²) in [5.74, 6) is 1.07. The monoisotopic (exact) mass is 377 g/mol. The van der Waals surface area contributed by atoms with Crippen molar-refractivity contribution >= 4 is 17.6 Å². The summed E-state index contributed by atoms with van der Waals surface area (Å²) in [5, 5.41) is 2.96. The summed E-state index contributed by atoms with van der Waals surface area (Å²) in [4.78, 5) is 23.7. The minimum atomic E-state index is -0.219. The molecular formula is C21H23N5O2. The first-order valence-corrected chi connectivity index (χ1v) is 9.03. The van der Waals surface area contributed by atoms with Crippen molar-refractivity contribution in [3.8, 4) is 5.75 Å². The largest absolute Gasteiger partial charge is 0.494 e. The second-order valence-electron chi connectivity index (χ2n) is 6.20. The molecule has 0 saturated heterocycles. The smallest absolute Gasteiger partial charge is 0.256 e. The van der Waals surface area contributed by atoms with E-state index in [2.05, 4.69) is 20.3 Å². The number of nitrogens with one attached hydrogen (secondary N) is 2. The van der Waals surface area contributed by atoms with E-state index in [1.54, 1.807) is 6.92 Å². The summed E-state index contributed by atoms with van der Waals surface area (Å²) in [5.41, 5.74) is 8.76. The van der Waals surface area contributed by atoms with Gasteiger partial charge in [0.05, 0.1) is 12.3 Å². The molecule has 0 aliphatic carbocycles. The van der Waals surface area contributed by atoms with E-state index >= 15 is 0 Å². The van der Waals surface area contributed by atoms with Crippen molar-refractivity contribution in [3.05, 3.63) is 81.8 Å². The number of rotatable bonds is 6. The van der Waals surface area contributed by atoms with Gasteiger partial charge >= 0.3 is 0 Å². The molecule has 3 aromatic rings. The lowest BCUT2D eigenvalue weighted by atomic mass is 10.1. The summed E-state index contributed by atoms with van der Waals surface area (Å²) in [6.45, 7) is 4.33. The van der Waals surface area contributed by atoms with Gasteiger partial charge in [0.1, 0.15) is 5.75 Å². The van der Waals surface area contributed by atoms with Crippen LogP contribution in [-0.2, 0) is 6.42 Å². The lowest BCUT2D eigenvalue weighted by molar-refractivity contribution is 0.340. The van der Waals surface area contributed by atoms with Gasteiger partial charge in [-0.15, -0.1) is 0 Å². The third-order valence-electron chi connectivity index (χ3n) is 4.10. The Kier molecular flexibility index (Phi) is 6.06.